The Labute approximate surface area is 113 Å². The lowest BCUT2D eigenvalue weighted by Crippen LogP contribution is -2.47. The SMILES string of the molecule is CC(C)[C@H](N)C(=O)NCC(=O)NCc1ccccc1. The minimum Gasteiger partial charge on any atom is -0.350 e. The number of hydrogen-bond acceptors (Lipinski definition) is 3. The van der Waals surface area contributed by atoms with Gasteiger partial charge in [-0.05, 0) is 11.5 Å². The van der Waals surface area contributed by atoms with Crippen molar-refractivity contribution in [3.63, 3.8) is 0 Å². The molecule has 0 aliphatic heterocycles. The summed E-state index contributed by atoms with van der Waals surface area (Å²) >= 11 is 0. The van der Waals surface area contributed by atoms with Crippen LogP contribution in [0.15, 0.2) is 30.3 Å². The standard InChI is InChI=1S/C14H21N3O2/c1-10(2)13(15)14(19)17-9-12(18)16-8-11-6-4-3-5-7-11/h3-7,10,13H,8-9,15H2,1-2H3,(H,16,18)(H,17,19)/t13-/m0/s1. The summed E-state index contributed by atoms with van der Waals surface area (Å²) in [7, 11) is 0. The first-order chi connectivity index (χ1) is 9.00. The second-order valence-electron chi connectivity index (χ2n) is 4.75. The number of nitrogens with two attached hydrogens (primary N) is 1. The van der Waals surface area contributed by atoms with E-state index in [2.05, 4.69) is 10.6 Å². The minimum atomic E-state index is -0.582. The third kappa shape index (κ3) is 5.52. The maximum Gasteiger partial charge on any atom is 0.239 e. The van der Waals surface area contributed by atoms with Gasteiger partial charge in [-0.2, -0.15) is 0 Å². The van der Waals surface area contributed by atoms with Gasteiger partial charge in [0.1, 0.15) is 0 Å². The fourth-order valence-electron chi connectivity index (χ4n) is 1.45. The van der Waals surface area contributed by atoms with Crippen LogP contribution in [0.2, 0.25) is 0 Å². The van der Waals surface area contributed by atoms with E-state index in [1.807, 2.05) is 44.2 Å². The molecule has 5 heteroatoms. The summed E-state index contributed by atoms with van der Waals surface area (Å²) in [5, 5.41) is 5.25. The van der Waals surface area contributed by atoms with Gasteiger partial charge in [-0.25, -0.2) is 0 Å². The number of carbonyl (C=O) groups excluding carboxylic acids is 2. The van der Waals surface area contributed by atoms with Gasteiger partial charge in [0.15, 0.2) is 0 Å². The summed E-state index contributed by atoms with van der Waals surface area (Å²) in [5.74, 6) is -0.481. The van der Waals surface area contributed by atoms with Crippen LogP contribution in [0.1, 0.15) is 19.4 Å². The lowest BCUT2D eigenvalue weighted by molar-refractivity contribution is -0.127. The smallest absolute Gasteiger partial charge is 0.239 e. The summed E-state index contributed by atoms with van der Waals surface area (Å²) in [4.78, 5) is 23.1. The van der Waals surface area contributed by atoms with Gasteiger partial charge >= 0.3 is 0 Å². The van der Waals surface area contributed by atoms with Gasteiger partial charge in [-0.15, -0.1) is 0 Å². The molecule has 1 atom stereocenters. The van der Waals surface area contributed by atoms with Crippen LogP contribution >= 0.6 is 0 Å². The Bertz CT molecular complexity index is 418. The normalized spacial score (nSPS) is 12.0. The van der Waals surface area contributed by atoms with E-state index in [1.165, 1.54) is 0 Å². The zero-order valence-electron chi connectivity index (χ0n) is 11.3. The minimum absolute atomic E-state index is 0.0485. The van der Waals surface area contributed by atoms with E-state index in [0.717, 1.165) is 5.56 Å². The van der Waals surface area contributed by atoms with Crippen molar-refractivity contribution >= 4 is 11.8 Å². The summed E-state index contributed by atoms with van der Waals surface area (Å²) in [6.07, 6.45) is 0. The lowest BCUT2D eigenvalue weighted by atomic mass is 10.1. The van der Waals surface area contributed by atoms with E-state index in [1.54, 1.807) is 0 Å². The maximum atomic E-state index is 11.5. The highest BCUT2D eigenvalue weighted by molar-refractivity contribution is 5.87. The summed E-state index contributed by atoms with van der Waals surface area (Å²) < 4.78 is 0. The Morgan fingerprint density at radius 2 is 1.79 bits per heavy atom. The second kappa shape index (κ2) is 7.53. The predicted molar refractivity (Wildman–Crippen MR) is 74.1 cm³/mol. The molecular formula is C14H21N3O2. The van der Waals surface area contributed by atoms with Crippen LogP contribution in [0, 0.1) is 5.92 Å². The van der Waals surface area contributed by atoms with Crippen molar-refractivity contribution in [3.05, 3.63) is 35.9 Å². The Hall–Kier alpha value is -1.88. The number of benzene rings is 1. The first kappa shape index (κ1) is 15.2. The molecule has 0 aromatic heterocycles. The number of amides is 2. The van der Waals surface area contributed by atoms with Crippen molar-refractivity contribution in [2.45, 2.75) is 26.4 Å². The van der Waals surface area contributed by atoms with Gasteiger partial charge in [0.25, 0.3) is 0 Å². The van der Waals surface area contributed by atoms with Crippen LogP contribution in [0.4, 0.5) is 0 Å². The predicted octanol–water partition coefficient (Wildman–Crippen LogP) is 0.402. The largest absolute Gasteiger partial charge is 0.350 e. The third-order valence-corrected chi connectivity index (χ3v) is 2.78. The summed E-state index contributed by atoms with van der Waals surface area (Å²) in [5.41, 5.74) is 6.68. The first-order valence-corrected chi connectivity index (χ1v) is 6.34. The summed E-state index contributed by atoms with van der Waals surface area (Å²) in [6, 6.07) is 9.00. The molecule has 0 aliphatic carbocycles. The van der Waals surface area contributed by atoms with Crippen LogP contribution in [0.5, 0.6) is 0 Å². The van der Waals surface area contributed by atoms with E-state index in [0.29, 0.717) is 6.54 Å². The van der Waals surface area contributed by atoms with Gasteiger partial charge in [0, 0.05) is 6.54 Å². The zero-order valence-corrected chi connectivity index (χ0v) is 11.3. The van der Waals surface area contributed by atoms with Crippen LogP contribution in [-0.2, 0) is 16.1 Å². The Morgan fingerprint density at radius 1 is 1.16 bits per heavy atom. The highest BCUT2D eigenvalue weighted by Crippen LogP contribution is 1.98. The molecule has 0 aliphatic rings. The molecule has 19 heavy (non-hydrogen) atoms. The highest BCUT2D eigenvalue weighted by Gasteiger charge is 2.17. The molecule has 0 spiro atoms. The molecule has 5 nitrogen and oxygen atoms in total. The fraction of sp³-hybridized carbons (Fsp3) is 0.429. The van der Waals surface area contributed by atoms with Gasteiger partial charge in [0.2, 0.25) is 11.8 Å². The average Bonchev–Trinajstić information content (AvgIpc) is 2.42. The number of carbonyl (C=O) groups is 2. The van der Waals surface area contributed by atoms with Crippen LogP contribution in [-0.4, -0.2) is 24.4 Å². The van der Waals surface area contributed by atoms with Gasteiger partial charge < -0.3 is 16.4 Å². The van der Waals surface area contributed by atoms with Gasteiger partial charge in [0.05, 0.1) is 12.6 Å². The van der Waals surface area contributed by atoms with E-state index in [-0.39, 0.29) is 24.3 Å². The molecule has 0 heterocycles. The van der Waals surface area contributed by atoms with E-state index >= 15 is 0 Å². The number of hydrogen-bond donors (Lipinski definition) is 3. The summed E-state index contributed by atoms with van der Waals surface area (Å²) in [6.45, 7) is 4.12. The van der Waals surface area contributed by atoms with Crippen molar-refractivity contribution in [2.24, 2.45) is 11.7 Å². The van der Waals surface area contributed by atoms with Crippen LogP contribution in [0.3, 0.4) is 0 Å². The molecule has 1 aromatic carbocycles. The molecule has 4 N–H and O–H groups in total. The van der Waals surface area contributed by atoms with Crippen molar-refractivity contribution in [2.75, 3.05) is 6.54 Å². The van der Waals surface area contributed by atoms with Crippen molar-refractivity contribution in [1.29, 1.82) is 0 Å². The van der Waals surface area contributed by atoms with Crippen LogP contribution < -0.4 is 16.4 Å². The molecule has 0 radical (unpaired) electrons. The average molecular weight is 263 g/mol. The van der Waals surface area contributed by atoms with Gasteiger partial charge in [-0.1, -0.05) is 44.2 Å². The Morgan fingerprint density at radius 3 is 2.37 bits per heavy atom. The molecule has 0 fully saturated rings. The van der Waals surface area contributed by atoms with Gasteiger partial charge in [-0.3, -0.25) is 9.59 Å². The van der Waals surface area contributed by atoms with Crippen molar-refractivity contribution < 1.29 is 9.59 Å². The fourth-order valence-corrected chi connectivity index (χ4v) is 1.45. The maximum absolute atomic E-state index is 11.5. The number of nitrogens with one attached hydrogen (secondary N) is 2. The van der Waals surface area contributed by atoms with Crippen molar-refractivity contribution in [3.8, 4) is 0 Å². The Balaban J connectivity index is 2.27. The first-order valence-electron chi connectivity index (χ1n) is 6.34. The topological polar surface area (TPSA) is 84.2 Å². The molecule has 104 valence electrons. The third-order valence-electron chi connectivity index (χ3n) is 2.78. The molecule has 1 rings (SSSR count). The monoisotopic (exact) mass is 263 g/mol. The molecule has 0 saturated carbocycles. The highest BCUT2D eigenvalue weighted by atomic mass is 16.2. The molecule has 1 aromatic rings. The Kier molecular flexibility index (Phi) is 6.02. The van der Waals surface area contributed by atoms with E-state index in [4.69, 9.17) is 5.73 Å². The molecule has 0 bridgehead atoms. The molecule has 0 saturated heterocycles. The second-order valence-corrected chi connectivity index (χ2v) is 4.75. The van der Waals surface area contributed by atoms with E-state index in [9.17, 15) is 9.59 Å². The molecule has 2 amide bonds. The van der Waals surface area contributed by atoms with Crippen molar-refractivity contribution in [1.82, 2.24) is 10.6 Å². The number of rotatable bonds is 6. The molecular weight excluding hydrogens is 242 g/mol. The lowest BCUT2D eigenvalue weighted by Gasteiger charge is -2.15. The zero-order chi connectivity index (χ0) is 14.3. The van der Waals surface area contributed by atoms with Crippen LogP contribution in [0.25, 0.3) is 0 Å². The molecule has 0 unspecified atom stereocenters. The quantitative estimate of drug-likeness (QED) is 0.694. The van der Waals surface area contributed by atoms with E-state index < -0.39 is 6.04 Å².